The molecule has 0 radical (unpaired) electrons. The second kappa shape index (κ2) is 10.1. The van der Waals surface area contributed by atoms with Gasteiger partial charge in [0.05, 0.1) is 11.1 Å². The van der Waals surface area contributed by atoms with Crippen LogP contribution in [0.1, 0.15) is 25.0 Å². The average Bonchev–Trinajstić information content (AvgIpc) is 3.60. The molecule has 0 fully saturated rings. The van der Waals surface area contributed by atoms with Gasteiger partial charge in [-0.1, -0.05) is 141 Å². The summed E-state index contributed by atoms with van der Waals surface area (Å²) < 4.78 is 6.37. The van der Waals surface area contributed by atoms with Gasteiger partial charge in [0, 0.05) is 21.9 Å². The van der Waals surface area contributed by atoms with Crippen LogP contribution < -0.4 is 0 Å². The van der Waals surface area contributed by atoms with Gasteiger partial charge in [0.25, 0.3) is 0 Å². The Kier molecular flexibility index (Phi) is 5.85. The molecule has 2 heterocycles. The molecule has 0 aliphatic heterocycles. The minimum absolute atomic E-state index is 0.0190. The molecular weight excluding hydrogens is 560 g/mol. The van der Waals surface area contributed by atoms with Crippen molar-refractivity contribution >= 4 is 22.1 Å². The Balaban J connectivity index is 1.12. The number of hydrogen-bond donors (Lipinski definition) is 0. The van der Waals surface area contributed by atoms with Crippen LogP contribution in [0.25, 0.3) is 78.1 Å². The van der Waals surface area contributed by atoms with Gasteiger partial charge in [-0.2, -0.15) is 4.98 Å². The molecule has 9 rings (SSSR count). The van der Waals surface area contributed by atoms with Crippen LogP contribution in [0.2, 0.25) is 0 Å². The monoisotopic (exact) mass is 590 g/mol. The highest BCUT2D eigenvalue weighted by atomic mass is 16.3. The van der Waals surface area contributed by atoms with Crippen LogP contribution in [0.4, 0.5) is 0 Å². The molecule has 2 aromatic heterocycles. The third-order valence-electron chi connectivity index (χ3n) is 9.55. The number of nitrogens with zero attached hydrogens (tertiary/aromatic N) is 2. The van der Waals surface area contributed by atoms with E-state index in [0.29, 0.717) is 11.5 Å². The van der Waals surface area contributed by atoms with E-state index < -0.39 is 0 Å². The Hall–Kier alpha value is -5.80. The molecule has 0 spiro atoms. The van der Waals surface area contributed by atoms with Gasteiger partial charge in [0.1, 0.15) is 5.58 Å². The summed E-state index contributed by atoms with van der Waals surface area (Å²) in [5, 5.41) is 1.94. The lowest BCUT2D eigenvalue weighted by atomic mass is 9.81. The second-order valence-electron chi connectivity index (χ2n) is 12.6. The Bertz CT molecular complexity index is 2420. The van der Waals surface area contributed by atoms with E-state index >= 15 is 0 Å². The van der Waals surface area contributed by atoms with Crippen LogP contribution in [0.5, 0.6) is 0 Å². The van der Waals surface area contributed by atoms with Gasteiger partial charge >= 0.3 is 0 Å². The molecule has 0 saturated heterocycles. The lowest BCUT2D eigenvalue weighted by Crippen LogP contribution is -2.14. The van der Waals surface area contributed by atoms with Gasteiger partial charge in [-0.3, -0.25) is 0 Å². The summed E-state index contributed by atoms with van der Waals surface area (Å²) in [6.07, 6.45) is 0. The van der Waals surface area contributed by atoms with Crippen molar-refractivity contribution in [1.82, 2.24) is 9.97 Å². The first-order chi connectivity index (χ1) is 22.5. The Morgan fingerprint density at radius 1 is 0.478 bits per heavy atom. The Labute approximate surface area is 267 Å². The average molecular weight is 591 g/mol. The molecule has 6 aromatic carbocycles. The maximum atomic E-state index is 6.37. The summed E-state index contributed by atoms with van der Waals surface area (Å²) in [6.45, 7) is 4.66. The number of benzene rings is 6. The Morgan fingerprint density at radius 2 is 1.07 bits per heavy atom. The van der Waals surface area contributed by atoms with Gasteiger partial charge in [-0.05, 0) is 62.7 Å². The third-order valence-corrected chi connectivity index (χ3v) is 9.55. The SMILES string of the molecule is CC1(C)c2ccccc2-c2ccc(-c3ccc(-c4ccc5oc6nc(-c7ccccc7)nc(-c7ccccc7)c6c5c4)cc3)cc21. The molecular formula is C43H30N2O. The van der Waals surface area contributed by atoms with Crippen LogP contribution >= 0.6 is 0 Å². The van der Waals surface area contributed by atoms with Crippen molar-refractivity contribution in [3.8, 4) is 56.0 Å². The third kappa shape index (κ3) is 4.13. The highest BCUT2D eigenvalue weighted by Crippen LogP contribution is 2.49. The molecule has 218 valence electrons. The zero-order valence-corrected chi connectivity index (χ0v) is 25.7. The van der Waals surface area contributed by atoms with E-state index in [2.05, 4.69) is 111 Å². The molecule has 0 N–H and O–H groups in total. The summed E-state index contributed by atoms with van der Waals surface area (Å²) in [7, 11) is 0. The molecule has 1 aliphatic rings. The predicted molar refractivity (Wildman–Crippen MR) is 189 cm³/mol. The minimum Gasteiger partial charge on any atom is -0.438 e. The molecule has 3 heteroatoms. The molecule has 0 unspecified atom stereocenters. The van der Waals surface area contributed by atoms with Gasteiger partial charge in [0.2, 0.25) is 5.71 Å². The first kappa shape index (κ1) is 26.6. The first-order valence-corrected chi connectivity index (χ1v) is 15.7. The molecule has 0 saturated carbocycles. The van der Waals surface area contributed by atoms with E-state index in [1.165, 1.54) is 33.4 Å². The summed E-state index contributed by atoms with van der Waals surface area (Å²) in [5.74, 6) is 0.653. The Morgan fingerprint density at radius 3 is 1.80 bits per heavy atom. The van der Waals surface area contributed by atoms with E-state index in [4.69, 9.17) is 14.4 Å². The molecule has 46 heavy (non-hydrogen) atoms. The van der Waals surface area contributed by atoms with Crippen LogP contribution in [-0.2, 0) is 5.41 Å². The highest BCUT2D eigenvalue weighted by Gasteiger charge is 2.35. The number of hydrogen-bond acceptors (Lipinski definition) is 3. The van der Waals surface area contributed by atoms with Crippen molar-refractivity contribution in [3.05, 3.63) is 157 Å². The first-order valence-electron chi connectivity index (χ1n) is 15.7. The van der Waals surface area contributed by atoms with Crippen LogP contribution in [0.15, 0.2) is 150 Å². The highest BCUT2D eigenvalue weighted by molar-refractivity contribution is 6.11. The van der Waals surface area contributed by atoms with Crippen molar-refractivity contribution in [2.75, 3.05) is 0 Å². The smallest absolute Gasteiger partial charge is 0.231 e. The summed E-state index contributed by atoms with van der Waals surface area (Å²) >= 11 is 0. The van der Waals surface area contributed by atoms with Crippen molar-refractivity contribution in [1.29, 1.82) is 0 Å². The lowest BCUT2D eigenvalue weighted by Gasteiger charge is -2.22. The number of furan rings is 1. The fourth-order valence-electron chi connectivity index (χ4n) is 7.12. The van der Waals surface area contributed by atoms with Crippen molar-refractivity contribution in [3.63, 3.8) is 0 Å². The standard InChI is InChI=1S/C43H30N2O/c1-43(2)36-16-10-9-15-33(36)34-23-21-32(26-37(34)43)28-19-17-27(18-20-28)31-22-24-38-35(25-31)39-40(29-11-5-3-6-12-29)44-41(45-42(39)46-38)30-13-7-4-8-14-30/h3-26H,1-2H3. The minimum atomic E-state index is -0.0190. The van der Waals surface area contributed by atoms with Crippen LogP contribution in [0.3, 0.4) is 0 Å². The number of aromatic nitrogens is 2. The zero-order valence-electron chi connectivity index (χ0n) is 25.7. The van der Waals surface area contributed by atoms with Crippen molar-refractivity contribution in [2.45, 2.75) is 19.3 Å². The fourth-order valence-corrected chi connectivity index (χ4v) is 7.12. The van der Waals surface area contributed by atoms with Crippen molar-refractivity contribution < 1.29 is 4.42 Å². The second-order valence-corrected chi connectivity index (χ2v) is 12.6. The molecule has 0 bridgehead atoms. The maximum absolute atomic E-state index is 6.37. The summed E-state index contributed by atoms with van der Waals surface area (Å²) in [5.41, 5.74) is 14.4. The van der Waals surface area contributed by atoms with Crippen LogP contribution in [-0.4, -0.2) is 9.97 Å². The van der Waals surface area contributed by atoms with Gasteiger partial charge in [0.15, 0.2) is 5.82 Å². The normalized spacial score (nSPS) is 13.2. The largest absolute Gasteiger partial charge is 0.438 e. The van der Waals surface area contributed by atoms with Crippen LogP contribution in [0, 0.1) is 0 Å². The van der Waals surface area contributed by atoms with Crippen molar-refractivity contribution in [2.24, 2.45) is 0 Å². The topological polar surface area (TPSA) is 38.9 Å². The van der Waals surface area contributed by atoms with Gasteiger partial charge in [-0.25, -0.2) is 4.98 Å². The summed E-state index contributed by atoms with van der Waals surface area (Å²) in [6, 6.07) is 51.4. The van der Waals surface area contributed by atoms with E-state index in [1.54, 1.807) is 0 Å². The van der Waals surface area contributed by atoms with E-state index in [1.807, 2.05) is 48.5 Å². The lowest BCUT2D eigenvalue weighted by molar-refractivity contribution is 0.653. The van der Waals surface area contributed by atoms with Gasteiger partial charge < -0.3 is 4.42 Å². The number of rotatable bonds is 4. The fraction of sp³-hybridized carbons (Fsp3) is 0.0698. The molecule has 0 atom stereocenters. The quantitative estimate of drug-likeness (QED) is 0.205. The zero-order chi connectivity index (χ0) is 30.8. The predicted octanol–water partition coefficient (Wildman–Crippen LogP) is 11.4. The molecule has 8 aromatic rings. The molecule has 0 amide bonds. The summed E-state index contributed by atoms with van der Waals surface area (Å²) in [4.78, 5) is 9.98. The molecule has 1 aliphatic carbocycles. The maximum Gasteiger partial charge on any atom is 0.231 e. The van der Waals surface area contributed by atoms with Gasteiger partial charge in [-0.15, -0.1) is 0 Å². The van der Waals surface area contributed by atoms with E-state index in [-0.39, 0.29) is 5.41 Å². The van der Waals surface area contributed by atoms with E-state index in [0.717, 1.165) is 44.3 Å². The molecule has 3 nitrogen and oxygen atoms in total. The van der Waals surface area contributed by atoms with E-state index in [9.17, 15) is 0 Å². The number of fused-ring (bicyclic) bond motifs is 6.